The molecule has 1 aliphatic heterocycles. The van der Waals surface area contributed by atoms with Crippen LogP contribution >= 0.6 is 0 Å². The molecule has 1 heterocycles. The zero-order valence-electron chi connectivity index (χ0n) is 31.4. The molecule has 0 spiro atoms. The average molecular weight is 720 g/mol. The third-order valence-corrected chi connectivity index (χ3v) is 13.7. The van der Waals surface area contributed by atoms with Crippen molar-refractivity contribution < 1.29 is 32.4 Å². The van der Waals surface area contributed by atoms with Crippen LogP contribution in [0.15, 0.2) is 25.3 Å². The summed E-state index contributed by atoms with van der Waals surface area (Å²) in [6.45, 7) is 22.4. The first kappa shape index (κ1) is 41.2. The van der Waals surface area contributed by atoms with E-state index in [2.05, 4.69) is 34.4 Å². The minimum Gasteiger partial charge on any atom is -0.349 e. The van der Waals surface area contributed by atoms with Gasteiger partial charge in [0.15, 0.2) is 9.84 Å². The first-order chi connectivity index (χ1) is 23.0. The van der Waals surface area contributed by atoms with Gasteiger partial charge in [0.2, 0.25) is 17.6 Å². The van der Waals surface area contributed by atoms with E-state index in [9.17, 15) is 32.4 Å². The summed E-state index contributed by atoms with van der Waals surface area (Å²) >= 11 is 0. The molecule has 2 saturated carbocycles. The number of carbonyl (C=O) groups excluding carboxylic acids is 5. The summed E-state index contributed by atoms with van der Waals surface area (Å²) in [7, 11) is -3.57. The Morgan fingerprint density at radius 1 is 0.920 bits per heavy atom. The van der Waals surface area contributed by atoms with Gasteiger partial charge >= 0.3 is 6.03 Å². The number of nitrogens with one attached hydrogen (secondary N) is 4. The van der Waals surface area contributed by atoms with E-state index in [4.69, 9.17) is 0 Å². The van der Waals surface area contributed by atoms with E-state index in [0.29, 0.717) is 32.2 Å². The van der Waals surface area contributed by atoms with E-state index < -0.39 is 73.2 Å². The summed E-state index contributed by atoms with van der Waals surface area (Å²) in [5, 5.41) is 11.2. The van der Waals surface area contributed by atoms with Crippen LogP contribution in [0.4, 0.5) is 4.79 Å². The van der Waals surface area contributed by atoms with E-state index in [1.807, 2.05) is 34.6 Å². The number of fused-ring (bicyclic) bond motifs is 1. The van der Waals surface area contributed by atoms with E-state index in [1.54, 1.807) is 32.9 Å². The molecule has 0 aromatic heterocycles. The summed E-state index contributed by atoms with van der Waals surface area (Å²) in [5.41, 5.74) is -1.97. The van der Waals surface area contributed by atoms with Crippen LogP contribution in [0.25, 0.3) is 0 Å². The van der Waals surface area contributed by atoms with Gasteiger partial charge in [-0.05, 0) is 75.5 Å². The lowest BCUT2D eigenvalue weighted by Gasteiger charge is -2.41. The van der Waals surface area contributed by atoms with Crippen molar-refractivity contribution in [1.29, 1.82) is 0 Å². The number of hydrogen-bond donors (Lipinski definition) is 4. The Morgan fingerprint density at radius 2 is 1.52 bits per heavy atom. The number of amides is 5. The van der Waals surface area contributed by atoms with Crippen molar-refractivity contribution in [3.8, 4) is 0 Å². The highest BCUT2D eigenvalue weighted by atomic mass is 32.2. The number of nitrogens with zero attached hydrogens (tertiary/aromatic N) is 1. The maximum absolute atomic E-state index is 14.5. The molecule has 282 valence electrons. The third-order valence-electron chi connectivity index (χ3n) is 10.9. The van der Waals surface area contributed by atoms with Gasteiger partial charge in [-0.3, -0.25) is 19.2 Å². The molecule has 0 radical (unpaired) electrons. The molecule has 3 fully saturated rings. The van der Waals surface area contributed by atoms with Crippen LogP contribution in [0.5, 0.6) is 0 Å². The van der Waals surface area contributed by atoms with Gasteiger partial charge in [-0.1, -0.05) is 66.0 Å². The summed E-state index contributed by atoms with van der Waals surface area (Å²) in [6, 6.07) is -3.71. The number of sulfone groups is 1. The van der Waals surface area contributed by atoms with Gasteiger partial charge in [0.05, 0.1) is 22.1 Å². The van der Waals surface area contributed by atoms with Crippen LogP contribution in [-0.2, 0) is 29.0 Å². The number of likely N-dealkylation sites (tertiary alicyclic amines) is 1. The van der Waals surface area contributed by atoms with Crippen LogP contribution in [-0.4, -0.2) is 90.1 Å². The normalized spacial score (nSPS) is 23.8. The van der Waals surface area contributed by atoms with Crippen molar-refractivity contribution in [2.24, 2.45) is 22.7 Å². The molecule has 3 aliphatic rings. The Hall–Kier alpha value is -3.22. The molecule has 12 nitrogen and oxygen atoms in total. The van der Waals surface area contributed by atoms with E-state index >= 15 is 0 Å². The molecule has 0 aromatic carbocycles. The summed E-state index contributed by atoms with van der Waals surface area (Å²) < 4.78 is 25.6. The maximum atomic E-state index is 14.5. The van der Waals surface area contributed by atoms with Gasteiger partial charge in [0.25, 0.3) is 5.91 Å². The van der Waals surface area contributed by atoms with E-state index in [-0.39, 0.29) is 36.0 Å². The van der Waals surface area contributed by atoms with Crippen LogP contribution < -0.4 is 21.3 Å². The topological polar surface area (TPSA) is 171 Å². The second-order valence-corrected chi connectivity index (χ2v) is 19.9. The first-order valence-electron chi connectivity index (χ1n) is 18.0. The fourth-order valence-electron chi connectivity index (χ4n) is 7.49. The van der Waals surface area contributed by atoms with Gasteiger partial charge < -0.3 is 26.2 Å². The summed E-state index contributed by atoms with van der Waals surface area (Å²) in [6.07, 6.45) is 7.77. The third kappa shape index (κ3) is 9.36. The molecule has 2 aliphatic carbocycles. The minimum atomic E-state index is -3.57. The molecule has 4 N–H and O–H groups in total. The van der Waals surface area contributed by atoms with Crippen molar-refractivity contribution in [3.63, 3.8) is 0 Å². The number of carbonyl (C=O) groups is 5. The Bertz CT molecular complexity index is 1440. The van der Waals surface area contributed by atoms with E-state index in [0.717, 1.165) is 19.3 Å². The van der Waals surface area contributed by atoms with Crippen LogP contribution in [0.1, 0.15) is 107 Å². The van der Waals surface area contributed by atoms with Gasteiger partial charge in [-0.15, -0.1) is 13.2 Å². The minimum absolute atomic E-state index is 0.0364. The number of allylic oxidation sites excluding steroid dienone is 1. The van der Waals surface area contributed by atoms with Crippen molar-refractivity contribution in [1.82, 2.24) is 26.2 Å². The van der Waals surface area contributed by atoms with Crippen LogP contribution in [0, 0.1) is 22.7 Å². The van der Waals surface area contributed by atoms with Gasteiger partial charge in [-0.25, -0.2) is 13.2 Å². The molecular weight excluding hydrogens is 659 g/mol. The number of ketones is 1. The lowest BCUT2D eigenvalue weighted by molar-refractivity contribution is -0.145. The molecule has 13 heteroatoms. The van der Waals surface area contributed by atoms with Gasteiger partial charge in [0, 0.05) is 13.1 Å². The zero-order valence-corrected chi connectivity index (χ0v) is 32.3. The average Bonchev–Trinajstić information content (AvgIpc) is 3.31. The van der Waals surface area contributed by atoms with Gasteiger partial charge in [-0.2, -0.15) is 0 Å². The first-order valence-corrected chi connectivity index (χ1v) is 19.6. The second kappa shape index (κ2) is 15.6. The summed E-state index contributed by atoms with van der Waals surface area (Å²) in [4.78, 5) is 69.6. The largest absolute Gasteiger partial charge is 0.349 e. The lowest BCUT2D eigenvalue weighted by Crippen LogP contribution is -2.64. The number of piperidine rings is 1. The zero-order chi connectivity index (χ0) is 37.9. The smallest absolute Gasteiger partial charge is 0.315 e. The highest BCUT2D eigenvalue weighted by Crippen LogP contribution is 2.65. The maximum Gasteiger partial charge on any atom is 0.315 e. The lowest BCUT2D eigenvalue weighted by atomic mass is 9.83. The Kier molecular flexibility index (Phi) is 12.8. The van der Waals surface area contributed by atoms with Crippen LogP contribution in [0.2, 0.25) is 0 Å². The fourth-order valence-corrected chi connectivity index (χ4v) is 9.01. The molecular formula is C37H61N5O7S. The SMILES string of the molecule is C=CCCNC(=O)C(=O)C(CCC=C)NC(=O)[C@@H]1[C@@H]2[C@H](CN1C(=O)[C@@H](NC(=O)NC1(CS(=O)(=O)C(C)(C)C)CCCCC1)C(C)(C)C)C2(C)C. The molecule has 5 amide bonds. The van der Waals surface area contributed by atoms with Crippen molar-refractivity contribution in [2.45, 2.75) is 135 Å². The number of urea groups is 1. The van der Waals surface area contributed by atoms with Gasteiger partial charge in [0.1, 0.15) is 12.1 Å². The number of rotatable bonds is 15. The molecule has 0 aromatic rings. The predicted molar refractivity (Wildman–Crippen MR) is 195 cm³/mol. The Morgan fingerprint density at radius 3 is 2.06 bits per heavy atom. The molecule has 3 rings (SSSR count). The molecule has 5 atom stereocenters. The highest BCUT2D eigenvalue weighted by Gasteiger charge is 2.70. The standard InChI is InChI=1S/C37H61N5O7S/c1-11-13-18-25(28(43)31(45)38-21-14-12-2)39-30(44)27-26-24(36(26,9)10)22-42(27)32(46)29(34(3,4)5)40-33(47)41-37(19-16-15-17-20-37)23-50(48,49)35(6,7)8/h11-12,24-27,29H,1-2,13-23H2,3-10H3,(H,38,45)(H,39,44)(H2,40,41,47)/t24-,25?,26-,27-,29+/m0/s1. The molecule has 1 unspecified atom stereocenters. The molecule has 0 bridgehead atoms. The van der Waals surface area contributed by atoms with Crippen molar-refractivity contribution in [2.75, 3.05) is 18.8 Å². The Balaban J connectivity index is 1.86. The fraction of sp³-hybridized carbons (Fsp3) is 0.757. The van der Waals surface area contributed by atoms with E-state index in [1.165, 1.54) is 4.90 Å². The van der Waals surface area contributed by atoms with Crippen molar-refractivity contribution in [3.05, 3.63) is 25.3 Å². The highest BCUT2D eigenvalue weighted by molar-refractivity contribution is 7.92. The monoisotopic (exact) mass is 719 g/mol. The van der Waals surface area contributed by atoms with Crippen LogP contribution in [0.3, 0.4) is 0 Å². The molecule has 1 saturated heterocycles. The Labute approximate surface area is 299 Å². The van der Waals surface area contributed by atoms with Crippen molar-refractivity contribution >= 4 is 39.4 Å². The number of Topliss-reactive ketones (excluding diaryl/α,β-unsaturated/α-hetero) is 1. The molecule has 50 heavy (non-hydrogen) atoms. The number of hydrogen-bond acceptors (Lipinski definition) is 7. The second-order valence-electron chi connectivity index (χ2n) is 17.1. The summed E-state index contributed by atoms with van der Waals surface area (Å²) in [5.74, 6) is -2.88. The predicted octanol–water partition coefficient (Wildman–Crippen LogP) is 3.81. The quantitative estimate of drug-likeness (QED) is 0.113.